The Labute approximate surface area is 179 Å². The van der Waals surface area contributed by atoms with Gasteiger partial charge in [0.15, 0.2) is 5.76 Å². The van der Waals surface area contributed by atoms with Crippen molar-refractivity contribution in [2.75, 3.05) is 10.0 Å². The van der Waals surface area contributed by atoms with E-state index in [1.54, 1.807) is 44.2 Å². The molecule has 158 valence electrons. The van der Waals surface area contributed by atoms with Gasteiger partial charge in [-0.1, -0.05) is 24.2 Å². The number of hydrogen-bond donors (Lipinski definition) is 2. The smallest absolute Gasteiger partial charge is 0.271 e. The molecular weight excluding hydrogens is 422 g/mol. The molecule has 0 unspecified atom stereocenters. The minimum Gasteiger partial charge on any atom is -0.354 e. The van der Waals surface area contributed by atoms with Gasteiger partial charge in [-0.3, -0.25) is 9.52 Å². The number of hydrogen-bond acceptors (Lipinski definition) is 6. The quantitative estimate of drug-likeness (QED) is 0.534. The maximum absolute atomic E-state index is 12.8. The van der Waals surface area contributed by atoms with Crippen molar-refractivity contribution >= 4 is 50.8 Å². The average molecular weight is 446 g/mol. The molecule has 0 saturated heterocycles. The molecule has 0 spiro atoms. The molecule has 0 saturated carbocycles. The summed E-state index contributed by atoms with van der Waals surface area (Å²) >= 11 is 1.13. The predicted octanol–water partition coefficient (Wildman–Crippen LogP) is 4.98. The van der Waals surface area contributed by atoms with Crippen LogP contribution in [-0.2, 0) is 14.8 Å². The van der Waals surface area contributed by atoms with Gasteiger partial charge in [-0.15, -0.1) is 11.3 Å². The first-order valence-corrected chi connectivity index (χ1v) is 11.6. The summed E-state index contributed by atoms with van der Waals surface area (Å²) < 4.78 is 33.6. The zero-order valence-corrected chi connectivity index (χ0v) is 18.8. The van der Waals surface area contributed by atoms with Crippen molar-refractivity contribution in [2.24, 2.45) is 0 Å². The lowest BCUT2D eigenvalue weighted by atomic mass is 10.1. The highest BCUT2D eigenvalue weighted by Gasteiger charge is 2.18. The standard InChI is InChI=1S/C21H23N3O4S2/c1-5-19(25)22-21-15(4)23-28-18(21)10-8-16-9-11-20(29-16)30(26,27)24-17-12-13(2)6-7-14(17)3/h6-12,24H,5H2,1-4H3,(H,22,25). The van der Waals surface area contributed by atoms with Gasteiger partial charge in [0.1, 0.15) is 15.6 Å². The number of nitrogens with one attached hydrogen (secondary N) is 2. The van der Waals surface area contributed by atoms with Crippen LogP contribution in [0.5, 0.6) is 0 Å². The fraction of sp³-hybridized carbons (Fsp3) is 0.238. The summed E-state index contributed by atoms with van der Waals surface area (Å²) in [6, 6.07) is 8.89. The Morgan fingerprint density at radius 2 is 1.93 bits per heavy atom. The Morgan fingerprint density at radius 3 is 2.67 bits per heavy atom. The largest absolute Gasteiger partial charge is 0.354 e. The van der Waals surface area contributed by atoms with Gasteiger partial charge in [0, 0.05) is 11.3 Å². The number of carbonyl (C=O) groups excluding carboxylic acids is 1. The minimum atomic E-state index is -3.70. The Balaban J connectivity index is 1.80. The van der Waals surface area contributed by atoms with E-state index >= 15 is 0 Å². The summed E-state index contributed by atoms with van der Waals surface area (Å²) in [7, 11) is -3.70. The molecule has 2 aromatic heterocycles. The molecule has 1 aromatic carbocycles. The predicted molar refractivity (Wildman–Crippen MR) is 120 cm³/mol. The number of carbonyl (C=O) groups is 1. The van der Waals surface area contributed by atoms with Crippen LogP contribution in [0.1, 0.15) is 40.8 Å². The molecule has 1 amide bonds. The number of anilines is 2. The van der Waals surface area contributed by atoms with E-state index in [0.29, 0.717) is 29.2 Å². The number of nitrogens with zero attached hydrogens (tertiary/aromatic N) is 1. The molecule has 3 rings (SSSR count). The monoisotopic (exact) mass is 445 g/mol. The van der Waals surface area contributed by atoms with Crippen molar-refractivity contribution in [1.82, 2.24) is 5.16 Å². The van der Waals surface area contributed by atoms with Crippen molar-refractivity contribution in [3.8, 4) is 0 Å². The minimum absolute atomic E-state index is 0.141. The Bertz CT molecular complexity index is 1210. The summed E-state index contributed by atoms with van der Waals surface area (Å²) in [5.74, 6) is 0.263. The summed E-state index contributed by atoms with van der Waals surface area (Å²) in [5.41, 5.74) is 3.47. The average Bonchev–Trinajstić information content (AvgIpc) is 3.31. The van der Waals surface area contributed by atoms with Crippen LogP contribution in [0.4, 0.5) is 11.4 Å². The lowest BCUT2D eigenvalue weighted by Gasteiger charge is -2.10. The summed E-state index contributed by atoms with van der Waals surface area (Å²) in [4.78, 5) is 12.4. The number of benzene rings is 1. The summed E-state index contributed by atoms with van der Waals surface area (Å²) in [6.07, 6.45) is 3.72. The summed E-state index contributed by atoms with van der Waals surface area (Å²) in [5, 5.41) is 6.64. The van der Waals surface area contributed by atoms with E-state index in [4.69, 9.17) is 4.52 Å². The molecule has 30 heavy (non-hydrogen) atoms. The Morgan fingerprint density at radius 1 is 1.17 bits per heavy atom. The molecule has 0 aliphatic carbocycles. The number of sulfonamides is 1. The molecule has 0 radical (unpaired) electrons. The van der Waals surface area contributed by atoms with Gasteiger partial charge in [-0.05, 0) is 62.2 Å². The van der Waals surface area contributed by atoms with Crippen LogP contribution in [0.2, 0.25) is 0 Å². The zero-order chi connectivity index (χ0) is 21.9. The number of aromatic nitrogens is 1. The van der Waals surface area contributed by atoms with Crippen molar-refractivity contribution in [2.45, 2.75) is 38.3 Å². The molecule has 7 nitrogen and oxygen atoms in total. The number of amides is 1. The van der Waals surface area contributed by atoms with Gasteiger partial charge in [0.25, 0.3) is 10.0 Å². The second kappa shape index (κ2) is 8.85. The van der Waals surface area contributed by atoms with E-state index in [1.165, 1.54) is 0 Å². The second-order valence-electron chi connectivity index (χ2n) is 6.82. The molecular formula is C21H23N3O4S2. The number of aryl methyl sites for hydroxylation is 3. The molecule has 0 aliphatic heterocycles. The van der Waals surface area contributed by atoms with Crippen LogP contribution < -0.4 is 10.0 Å². The van der Waals surface area contributed by atoms with E-state index in [-0.39, 0.29) is 10.1 Å². The third-order valence-corrected chi connectivity index (χ3v) is 7.29. The Hall–Kier alpha value is -2.91. The van der Waals surface area contributed by atoms with Gasteiger partial charge >= 0.3 is 0 Å². The van der Waals surface area contributed by atoms with Gasteiger partial charge in [-0.25, -0.2) is 8.42 Å². The Kier molecular flexibility index (Phi) is 6.42. The molecule has 0 bridgehead atoms. The third kappa shape index (κ3) is 4.98. The van der Waals surface area contributed by atoms with E-state index < -0.39 is 10.0 Å². The highest BCUT2D eigenvalue weighted by atomic mass is 32.2. The highest BCUT2D eigenvalue weighted by Crippen LogP contribution is 2.28. The first-order valence-electron chi connectivity index (χ1n) is 9.33. The number of rotatable bonds is 7. The molecule has 0 aliphatic rings. The van der Waals surface area contributed by atoms with Crippen molar-refractivity contribution < 1.29 is 17.7 Å². The van der Waals surface area contributed by atoms with Gasteiger partial charge in [0.2, 0.25) is 5.91 Å². The van der Waals surface area contributed by atoms with E-state index in [9.17, 15) is 13.2 Å². The first-order chi connectivity index (χ1) is 14.2. The molecule has 0 fully saturated rings. The van der Waals surface area contributed by atoms with E-state index in [2.05, 4.69) is 15.2 Å². The topological polar surface area (TPSA) is 101 Å². The lowest BCUT2D eigenvalue weighted by molar-refractivity contribution is -0.115. The SMILES string of the molecule is CCC(=O)Nc1c(C)noc1C=Cc1ccc(S(=O)(=O)Nc2cc(C)ccc2C)s1. The van der Waals surface area contributed by atoms with Crippen LogP contribution in [0.25, 0.3) is 12.2 Å². The molecule has 9 heteroatoms. The van der Waals surface area contributed by atoms with Crippen molar-refractivity contribution in [3.05, 3.63) is 57.8 Å². The van der Waals surface area contributed by atoms with Crippen molar-refractivity contribution in [3.63, 3.8) is 0 Å². The molecule has 0 atom stereocenters. The van der Waals surface area contributed by atoms with Crippen LogP contribution in [-0.4, -0.2) is 19.5 Å². The van der Waals surface area contributed by atoms with Crippen LogP contribution >= 0.6 is 11.3 Å². The first kappa shape index (κ1) is 21.8. The maximum atomic E-state index is 12.8. The van der Waals surface area contributed by atoms with Gasteiger partial charge in [-0.2, -0.15) is 0 Å². The maximum Gasteiger partial charge on any atom is 0.271 e. The van der Waals surface area contributed by atoms with E-state index in [1.807, 2.05) is 26.0 Å². The highest BCUT2D eigenvalue weighted by molar-refractivity contribution is 7.94. The number of thiophene rings is 1. The molecule has 2 N–H and O–H groups in total. The van der Waals surface area contributed by atoms with Crippen LogP contribution in [0, 0.1) is 20.8 Å². The van der Waals surface area contributed by atoms with Crippen LogP contribution in [0.3, 0.4) is 0 Å². The fourth-order valence-electron chi connectivity index (χ4n) is 2.65. The zero-order valence-electron chi connectivity index (χ0n) is 17.1. The van der Waals surface area contributed by atoms with Gasteiger partial charge in [0.05, 0.1) is 5.69 Å². The van der Waals surface area contributed by atoms with Crippen LogP contribution in [0.15, 0.2) is 39.1 Å². The summed E-state index contributed by atoms with van der Waals surface area (Å²) in [6.45, 7) is 7.26. The second-order valence-corrected chi connectivity index (χ2v) is 9.85. The normalized spacial score (nSPS) is 11.7. The van der Waals surface area contributed by atoms with Crippen molar-refractivity contribution in [1.29, 1.82) is 0 Å². The lowest BCUT2D eigenvalue weighted by Crippen LogP contribution is -2.12. The third-order valence-electron chi connectivity index (χ3n) is 4.38. The molecule has 3 aromatic rings. The molecule has 2 heterocycles. The van der Waals surface area contributed by atoms with Gasteiger partial charge < -0.3 is 9.84 Å². The fourth-order valence-corrected chi connectivity index (χ4v) is 5.00. The van der Waals surface area contributed by atoms with E-state index in [0.717, 1.165) is 27.3 Å².